The molecule has 4 heterocycles. The smallest absolute Gasteiger partial charge is 0.351 e. The number of fused-ring (bicyclic) bond motifs is 5. The highest BCUT2D eigenvalue weighted by atomic mass is 32.2. The molecule has 3 atom stereocenters. The van der Waals surface area contributed by atoms with Gasteiger partial charge in [0.05, 0.1) is 28.2 Å². The molecule has 8 rings (SSSR count). The summed E-state index contributed by atoms with van der Waals surface area (Å²) in [6.45, 7) is 6.41. The van der Waals surface area contributed by atoms with Gasteiger partial charge in [-0.3, -0.25) is 18.9 Å². The lowest BCUT2D eigenvalue weighted by molar-refractivity contribution is -0.142. The Morgan fingerprint density at radius 1 is 1.11 bits per heavy atom. The number of para-hydroxylation sites is 1. The maximum absolute atomic E-state index is 15.3. The number of nitrogens with zero attached hydrogens (tertiary/aromatic N) is 7. The van der Waals surface area contributed by atoms with Crippen molar-refractivity contribution in [3.05, 3.63) is 93.7 Å². The zero-order valence-corrected chi connectivity index (χ0v) is 29.8. The van der Waals surface area contributed by atoms with Crippen LogP contribution in [0.25, 0.3) is 37.2 Å². The van der Waals surface area contributed by atoms with Gasteiger partial charge in [0.25, 0.3) is 11.6 Å². The average Bonchev–Trinajstić information content (AvgIpc) is 3.36. The van der Waals surface area contributed by atoms with Gasteiger partial charge in [-0.2, -0.15) is 32.1 Å². The summed E-state index contributed by atoms with van der Waals surface area (Å²) in [6.07, 6.45) is -4.65. The van der Waals surface area contributed by atoms with Crippen molar-refractivity contribution < 1.29 is 43.9 Å². The topological polar surface area (TPSA) is 141 Å². The Morgan fingerprint density at radius 3 is 2.51 bits per heavy atom. The van der Waals surface area contributed by atoms with E-state index >= 15 is 8.78 Å². The predicted molar refractivity (Wildman–Crippen MR) is 185 cm³/mol. The van der Waals surface area contributed by atoms with Gasteiger partial charge in [0, 0.05) is 41.1 Å². The molecule has 1 unspecified atom stereocenters. The number of aryl methyl sites for hydroxylation is 1. The number of nitrogens with one attached hydrogen (secondary N) is 2. The first-order valence-electron chi connectivity index (χ1n) is 16.3. The van der Waals surface area contributed by atoms with E-state index < -0.39 is 81.0 Å². The summed E-state index contributed by atoms with van der Waals surface area (Å²) in [7, 11) is -2.24. The number of sulfonamides is 1. The van der Waals surface area contributed by atoms with E-state index in [2.05, 4.69) is 35.0 Å². The molecule has 1 fully saturated rings. The van der Waals surface area contributed by atoms with E-state index in [4.69, 9.17) is 6.57 Å². The summed E-state index contributed by atoms with van der Waals surface area (Å²) in [4.78, 5) is 26.1. The van der Waals surface area contributed by atoms with E-state index in [9.17, 15) is 35.2 Å². The third kappa shape index (κ3) is 6.41. The van der Waals surface area contributed by atoms with Gasteiger partial charge < -0.3 is 10.2 Å². The molecule has 6 aromatic rings. The summed E-state index contributed by atoms with van der Waals surface area (Å²) in [6, 6.07) is 7.68. The van der Waals surface area contributed by atoms with Gasteiger partial charge in [0.15, 0.2) is 11.5 Å². The van der Waals surface area contributed by atoms with Gasteiger partial charge in [-0.25, -0.2) is 22.2 Å². The van der Waals surface area contributed by atoms with Gasteiger partial charge in [-0.05, 0) is 48.6 Å². The lowest BCUT2D eigenvalue weighted by Gasteiger charge is -2.22. The summed E-state index contributed by atoms with van der Waals surface area (Å²) in [5.41, 5.74) is -2.03. The molecule has 2 N–H and O–H groups in total. The summed E-state index contributed by atoms with van der Waals surface area (Å²) >= 11 is 0.989. The molecule has 2 aliphatic rings. The van der Waals surface area contributed by atoms with Crippen molar-refractivity contribution in [2.75, 3.05) is 11.0 Å². The third-order valence-electron chi connectivity index (χ3n) is 9.45. The number of alkyl halides is 5. The Kier molecular flexibility index (Phi) is 8.23. The van der Waals surface area contributed by atoms with Gasteiger partial charge in [-0.15, -0.1) is 11.3 Å². The van der Waals surface area contributed by atoms with Crippen LogP contribution in [0, 0.1) is 24.1 Å². The molecule has 2 aromatic carbocycles. The molecule has 0 bridgehead atoms. The van der Waals surface area contributed by atoms with Crippen molar-refractivity contribution in [1.82, 2.24) is 34.8 Å². The van der Waals surface area contributed by atoms with E-state index in [0.29, 0.717) is 31.9 Å². The van der Waals surface area contributed by atoms with E-state index in [1.54, 1.807) is 31.3 Å². The zero-order valence-electron chi connectivity index (χ0n) is 28.2. The normalized spacial score (nSPS) is 17.9. The molecule has 284 valence electrons. The first kappa shape index (κ1) is 36.4. The zero-order chi connectivity index (χ0) is 39.4. The van der Waals surface area contributed by atoms with Crippen LogP contribution in [0.15, 0.2) is 42.5 Å². The Morgan fingerprint density at radius 2 is 1.84 bits per heavy atom. The van der Waals surface area contributed by atoms with E-state index in [1.807, 2.05) is 0 Å². The second kappa shape index (κ2) is 12.5. The lowest BCUT2D eigenvalue weighted by Crippen LogP contribution is -2.35. The first-order chi connectivity index (χ1) is 25.8. The van der Waals surface area contributed by atoms with Crippen LogP contribution in [0.2, 0.25) is 0 Å². The van der Waals surface area contributed by atoms with Crippen LogP contribution >= 0.6 is 11.3 Å². The number of anilines is 1. The average molecular weight is 804 g/mol. The lowest BCUT2D eigenvalue weighted by atomic mass is 9.94. The van der Waals surface area contributed by atoms with Crippen LogP contribution in [0.4, 0.5) is 41.7 Å². The van der Waals surface area contributed by atoms with E-state index in [1.165, 1.54) is 4.68 Å². The second-order valence-electron chi connectivity index (χ2n) is 13.3. The van der Waals surface area contributed by atoms with Crippen LogP contribution in [-0.4, -0.2) is 50.1 Å². The summed E-state index contributed by atoms with van der Waals surface area (Å²) in [5, 5.41) is 10.7. The number of benzene rings is 2. The fourth-order valence-corrected chi connectivity index (χ4v) is 8.59. The highest BCUT2D eigenvalue weighted by molar-refractivity contribution is 7.92. The second-order valence-corrected chi connectivity index (χ2v) is 16.1. The molecule has 0 saturated heterocycles. The van der Waals surface area contributed by atoms with Crippen molar-refractivity contribution in [3.63, 3.8) is 0 Å². The molecule has 21 heteroatoms. The molecular formula is C34H24F7N9O3S2. The number of hydrogen-bond acceptors (Lipinski definition) is 8. The number of pyridine rings is 1. The third-order valence-corrected chi connectivity index (χ3v) is 10.9. The van der Waals surface area contributed by atoms with Crippen molar-refractivity contribution in [3.8, 4) is 11.1 Å². The number of rotatable bonds is 9. The number of thiazole rings is 1. The number of carbonyl (C=O) groups excluding carboxylic acids is 1. The molecule has 0 radical (unpaired) electrons. The predicted octanol–water partition coefficient (Wildman–Crippen LogP) is 6.97. The van der Waals surface area contributed by atoms with E-state index in [0.717, 1.165) is 29.7 Å². The quantitative estimate of drug-likeness (QED) is 0.119. The Bertz CT molecular complexity index is 2730. The Hall–Kier alpha value is -5.62. The SMILES string of the molecule is [C-]#[N+]c1nc2nc(C(Cc3cc(F)cc(F)c3)NC(=O)Cn3nc(C(F)(F)F)c4c3C(F)(F)[C@@H]3C[C@H]43)c(-c3cccc4c(NS(C)(=O)=O)nn(C)c34)cc2s1. The van der Waals surface area contributed by atoms with Crippen molar-refractivity contribution >= 4 is 59.5 Å². The summed E-state index contributed by atoms with van der Waals surface area (Å²) < 4.78 is 130. The number of halogens is 7. The highest BCUT2D eigenvalue weighted by Gasteiger charge is 2.68. The standard InChI is InChI=1S/C34H24F7N9O3S2/c1-42-32-45-31-23(54-32)12-19(17-5-4-6-18-27(17)49(2)47-30(18)48-55(3,52)53)26(44-31)22(9-14-7-15(35)10-16(36)8-14)43-24(51)13-50-29-25(28(46-50)34(39,40)41)20-11-21(20)33(29,37)38/h4-8,10,12,20-22H,9,11,13H2,2-3H3,(H,43,51)(H,47,48)/t20-,21+,22?/m0/s1. The van der Waals surface area contributed by atoms with Crippen LogP contribution in [0.5, 0.6) is 0 Å². The maximum atomic E-state index is 15.3. The minimum Gasteiger partial charge on any atom is -0.351 e. The van der Waals surface area contributed by atoms with Crippen molar-refractivity contribution in [1.29, 1.82) is 0 Å². The van der Waals surface area contributed by atoms with Crippen molar-refractivity contribution in [2.24, 2.45) is 13.0 Å². The maximum Gasteiger partial charge on any atom is 0.435 e. The van der Waals surface area contributed by atoms with Crippen LogP contribution in [0.3, 0.4) is 0 Å². The van der Waals surface area contributed by atoms with Gasteiger partial charge in [-0.1, -0.05) is 23.7 Å². The van der Waals surface area contributed by atoms with E-state index in [-0.39, 0.29) is 46.3 Å². The minimum atomic E-state index is -5.07. The number of hydrogen-bond donors (Lipinski definition) is 2. The molecule has 2 aliphatic carbocycles. The van der Waals surface area contributed by atoms with Crippen LogP contribution in [0.1, 0.15) is 46.6 Å². The van der Waals surface area contributed by atoms with Crippen LogP contribution < -0.4 is 10.0 Å². The number of aromatic nitrogens is 6. The monoisotopic (exact) mass is 803 g/mol. The highest BCUT2D eigenvalue weighted by Crippen LogP contribution is 2.68. The minimum absolute atomic E-state index is 0.00347. The largest absolute Gasteiger partial charge is 0.435 e. The van der Waals surface area contributed by atoms with Gasteiger partial charge in [0.1, 0.15) is 23.9 Å². The first-order valence-corrected chi connectivity index (χ1v) is 19.0. The van der Waals surface area contributed by atoms with Gasteiger partial charge in [0.2, 0.25) is 15.9 Å². The fraction of sp³-hybridized carbons (Fsp3) is 0.294. The van der Waals surface area contributed by atoms with Gasteiger partial charge >= 0.3 is 11.3 Å². The van der Waals surface area contributed by atoms with Crippen LogP contribution in [-0.2, 0) is 46.9 Å². The van der Waals surface area contributed by atoms with Crippen molar-refractivity contribution in [2.45, 2.75) is 43.4 Å². The molecule has 12 nitrogen and oxygen atoms in total. The fourth-order valence-electron chi connectivity index (χ4n) is 7.35. The molecular weight excluding hydrogens is 780 g/mol. The molecule has 0 spiro atoms. The molecule has 0 aliphatic heterocycles. The molecule has 1 amide bonds. The summed E-state index contributed by atoms with van der Waals surface area (Å²) in [5.74, 6) is -9.06. The Labute approximate surface area is 309 Å². The molecule has 55 heavy (non-hydrogen) atoms. The molecule has 4 aromatic heterocycles. The number of amides is 1. The number of carbonyl (C=O) groups is 1. The Balaban J connectivity index is 1.28. The molecule has 1 saturated carbocycles.